The molecule has 1 heterocycles. The van der Waals surface area contributed by atoms with Crippen molar-refractivity contribution in [2.24, 2.45) is 7.05 Å². The second kappa shape index (κ2) is 5.92. The van der Waals surface area contributed by atoms with Crippen molar-refractivity contribution in [3.63, 3.8) is 0 Å². The van der Waals surface area contributed by atoms with E-state index in [2.05, 4.69) is 10.4 Å². The molecule has 1 N–H and O–H groups in total. The van der Waals surface area contributed by atoms with Crippen LogP contribution in [-0.2, 0) is 16.9 Å². The molecule has 0 aliphatic rings. The van der Waals surface area contributed by atoms with Crippen LogP contribution in [0.2, 0.25) is 0 Å². The number of benzene rings is 1. The van der Waals surface area contributed by atoms with Gasteiger partial charge in [-0.3, -0.25) is 9.48 Å². The maximum atomic E-state index is 12.3. The minimum atomic E-state index is -3.41. The molecule has 0 saturated carbocycles. The molecular formula is C15H19N3O3S. The highest BCUT2D eigenvalue weighted by Gasteiger charge is 2.20. The molecule has 0 saturated heterocycles. The highest BCUT2D eigenvalue weighted by molar-refractivity contribution is 7.92. The van der Waals surface area contributed by atoms with Crippen molar-refractivity contribution in [3.8, 4) is 0 Å². The van der Waals surface area contributed by atoms with E-state index in [1.54, 1.807) is 43.8 Å². The van der Waals surface area contributed by atoms with Crippen molar-refractivity contribution in [2.45, 2.75) is 30.9 Å². The lowest BCUT2D eigenvalue weighted by Crippen LogP contribution is -2.17. The number of hydrogen-bond donors (Lipinski definition) is 1. The lowest BCUT2D eigenvalue weighted by Gasteiger charge is -2.10. The van der Waals surface area contributed by atoms with Gasteiger partial charge in [0.1, 0.15) is 5.82 Å². The summed E-state index contributed by atoms with van der Waals surface area (Å²) in [6, 6.07) is 7.79. The second-order valence-electron chi connectivity index (χ2n) is 5.37. The number of amides is 1. The zero-order chi connectivity index (χ0) is 16.5. The molecule has 22 heavy (non-hydrogen) atoms. The molecule has 0 radical (unpaired) electrons. The Labute approximate surface area is 130 Å². The zero-order valence-corrected chi connectivity index (χ0v) is 13.8. The lowest BCUT2D eigenvalue weighted by atomic mass is 10.2. The van der Waals surface area contributed by atoms with E-state index in [1.807, 2.05) is 6.92 Å². The summed E-state index contributed by atoms with van der Waals surface area (Å²) in [6.07, 6.45) is 0. The van der Waals surface area contributed by atoms with Crippen LogP contribution in [0.5, 0.6) is 0 Å². The van der Waals surface area contributed by atoms with E-state index in [0.717, 1.165) is 5.69 Å². The van der Waals surface area contributed by atoms with Gasteiger partial charge in [0.05, 0.1) is 15.8 Å². The van der Waals surface area contributed by atoms with E-state index < -0.39 is 15.1 Å². The number of nitrogens with one attached hydrogen (secondary N) is 1. The number of sulfone groups is 1. The van der Waals surface area contributed by atoms with Gasteiger partial charge in [-0.25, -0.2) is 8.42 Å². The molecule has 0 fully saturated rings. The summed E-state index contributed by atoms with van der Waals surface area (Å²) in [7, 11) is -1.68. The Morgan fingerprint density at radius 3 is 2.50 bits per heavy atom. The van der Waals surface area contributed by atoms with Crippen LogP contribution < -0.4 is 5.32 Å². The Balaban J connectivity index is 2.30. The molecule has 0 atom stereocenters. The zero-order valence-electron chi connectivity index (χ0n) is 13.0. The monoisotopic (exact) mass is 321 g/mol. The quantitative estimate of drug-likeness (QED) is 0.935. The van der Waals surface area contributed by atoms with Gasteiger partial charge >= 0.3 is 0 Å². The number of hydrogen-bond acceptors (Lipinski definition) is 4. The second-order valence-corrected chi connectivity index (χ2v) is 7.87. The molecule has 1 aromatic heterocycles. The first-order valence-electron chi connectivity index (χ1n) is 6.88. The maximum absolute atomic E-state index is 12.3. The summed E-state index contributed by atoms with van der Waals surface area (Å²) < 4.78 is 25.9. The van der Waals surface area contributed by atoms with Crippen LogP contribution in [0.4, 0.5) is 5.82 Å². The van der Waals surface area contributed by atoms with Crippen LogP contribution in [0, 0.1) is 6.92 Å². The number of anilines is 1. The fourth-order valence-electron chi connectivity index (χ4n) is 2.00. The summed E-state index contributed by atoms with van der Waals surface area (Å²) in [5.41, 5.74) is 1.08. The van der Waals surface area contributed by atoms with Crippen molar-refractivity contribution < 1.29 is 13.2 Å². The van der Waals surface area contributed by atoms with Crippen LogP contribution >= 0.6 is 0 Å². The number of carbonyl (C=O) groups excluding carboxylic acids is 1. The van der Waals surface area contributed by atoms with Gasteiger partial charge in [0.2, 0.25) is 0 Å². The van der Waals surface area contributed by atoms with E-state index in [0.29, 0.717) is 11.4 Å². The van der Waals surface area contributed by atoms with E-state index in [4.69, 9.17) is 0 Å². The molecular weight excluding hydrogens is 302 g/mol. The Morgan fingerprint density at radius 2 is 1.95 bits per heavy atom. The highest BCUT2D eigenvalue weighted by Crippen LogP contribution is 2.18. The largest absolute Gasteiger partial charge is 0.307 e. The van der Waals surface area contributed by atoms with Gasteiger partial charge in [0.15, 0.2) is 9.84 Å². The van der Waals surface area contributed by atoms with E-state index in [-0.39, 0.29) is 10.8 Å². The van der Waals surface area contributed by atoms with Crippen molar-refractivity contribution in [2.75, 3.05) is 5.32 Å². The number of aryl methyl sites for hydroxylation is 2. The molecule has 7 heteroatoms. The van der Waals surface area contributed by atoms with Crippen molar-refractivity contribution >= 4 is 21.6 Å². The smallest absolute Gasteiger partial charge is 0.256 e. The van der Waals surface area contributed by atoms with Gasteiger partial charge in [0.25, 0.3) is 5.91 Å². The van der Waals surface area contributed by atoms with Gasteiger partial charge < -0.3 is 5.32 Å². The van der Waals surface area contributed by atoms with Crippen LogP contribution in [0.25, 0.3) is 0 Å². The maximum Gasteiger partial charge on any atom is 0.256 e. The van der Waals surface area contributed by atoms with Crippen molar-refractivity contribution in [1.82, 2.24) is 9.78 Å². The fourth-order valence-corrected chi connectivity index (χ4v) is 3.11. The molecule has 2 aromatic rings. The predicted molar refractivity (Wildman–Crippen MR) is 84.7 cm³/mol. The molecule has 1 aromatic carbocycles. The lowest BCUT2D eigenvalue weighted by molar-refractivity contribution is 0.102. The molecule has 118 valence electrons. The summed E-state index contributed by atoms with van der Waals surface area (Å²) in [4.78, 5) is 12.4. The van der Waals surface area contributed by atoms with Gasteiger partial charge in [-0.2, -0.15) is 5.10 Å². The third-order valence-electron chi connectivity index (χ3n) is 3.29. The van der Waals surface area contributed by atoms with Gasteiger partial charge in [-0.15, -0.1) is 0 Å². The first kappa shape index (κ1) is 16.2. The first-order valence-corrected chi connectivity index (χ1v) is 8.42. The normalized spacial score (nSPS) is 11.7. The topological polar surface area (TPSA) is 81.1 Å². The van der Waals surface area contributed by atoms with Crippen molar-refractivity contribution in [3.05, 3.63) is 41.6 Å². The number of carbonyl (C=O) groups is 1. The average Bonchev–Trinajstić information content (AvgIpc) is 2.76. The van der Waals surface area contributed by atoms with Crippen LogP contribution in [0.1, 0.15) is 29.9 Å². The van der Waals surface area contributed by atoms with Gasteiger partial charge in [-0.1, -0.05) is 6.07 Å². The summed E-state index contributed by atoms with van der Waals surface area (Å²) in [5.74, 6) is 0.184. The summed E-state index contributed by atoms with van der Waals surface area (Å²) >= 11 is 0. The molecule has 0 spiro atoms. The Morgan fingerprint density at radius 1 is 1.27 bits per heavy atom. The predicted octanol–water partition coefficient (Wildman–Crippen LogP) is 2.16. The number of nitrogens with zero attached hydrogens (tertiary/aromatic N) is 2. The Bertz CT molecular complexity index is 807. The van der Waals surface area contributed by atoms with E-state index >= 15 is 0 Å². The molecule has 1 amide bonds. The molecule has 0 aliphatic heterocycles. The summed E-state index contributed by atoms with van der Waals surface area (Å²) in [6.45, 7) is 5.05. The van der Waals surface area contributed by atoms with Gasteiger partial charge in [-0.05, 0) is 39.0 Å². The molecule has 0 bridgehead atoms. The fraction of sp³-hybridized carbons (Fsp3) is 0.333. The molecule has 2 rings (SSSR count). The average molecular weight is 321 g/mol. The van der Waals surface area contributed by atoms with Crippen LogP contribution in [0.15, 0.2) is 35.2 Å². The third kappa shape index (κ3) is 3.19. The SMILES string of the molecule is Cc1cc(NC(=O)c2cccc(S(=O)(=O)C(C)C)c2)n(C)n1. The number of aromatic nitrogens is 2. The van der Waals surface area contributed by atoms with E-state index in [1.165, 1.54) is 12.1 Å². The molecule has 0 aliphatic carbocycles. The first-order chi connectivity index (χ1) is 10.2. The van der Waals surface area contributed by atoms with Gasteiger partial charge in [0, 0.05) is 18.7 Å². The van der Waals surface area contributed by atoms with Crippen LogP contribution in [-0.4, -0.2) is 29.4 Å². The Kier molecular flexibility index (Phi) is 4.37. The van der Waals surface area contributed by atoms with Crippen LogP contribution in [0.3, 0.4) is 0 Å². The van der Waals surface area contributed by atoms with E-state index in [9.17, 15) is 13.2 Å². The summed E-state index contributed by atoms with van der Waals surface area (Å²) in [5, 5.41) is 6.33. The van der Waals surface area contributed by atoms with Crippen molar-refractivity contribution in [1.29, 1.82) is 0 Å². The molecule has 0 unspecified atom stereocenters. The standard InChI is InChI=1S/C15H19N3O3S/c1-10(2)22(20,21)13-7-5-6-12(9-13)15(19)16-14-8-11(3)17-18(14)4/h5-10H,1-4H3,(H,16,19). The highest BCUT2D eigenvalue weighted by atomic mass is 32.2. The molecule has 6 nitrogen and oxygen atoms in total. The Hall–Kier alpha value is -2.15. The number of rotatable bonds is 4. The third-order valence-corrected chi connectivity index (χ3v) is 5.44. The minimum Gasteiger partial charge on any atom is -0.307 e. The minimum absolute atomic E-state index is 0.149.